The molecule has 0 aliphatic heterocycles. The molecule has 1 aliphatic rings. The summed E-state index contributed by atoms with van der Waals surface area (Å²) in [6, 6.07) is 3.55. The Labute approximate surface area is 108 Å². The van der Waals surface area contributed by atoms with Crippen molar-refractivity contribution in [2.24, 2.45) is 11.7 Å². The number of aromatic nitrogens is 1. The van der Waals surface area contributed by atoms with E-state index in [4.69, 9.17) is 5.73 Å². The minimum atomic E-state index is -0.223. The van der Waals surface area contributed by atoms with Crippen molar-refractivity contribution >= 4 is 5.91 Å². The molecule has 0 spiro atoms. The lowest BCUT2D eigenvalue weighted by Gasteiger charge is -2.39. The van der Waals surface area contributed by atoms with Gasteiger partial charge < -0.3 is 11.1 Å². The van der Waals surface area contributed by atoms with Gasteiger partial charge in [0.25, 0.3) is 5.91 Å². The zero-order valence-corrected chi connectivity index (χ0v) is 10.9. The quantitative estimate of drug-likeness (QED) is 0.854. The second-order valence-corrected chi connectivity index (χ2v) is 5.36. The van der Waals surface area contributed by atoms with Crippen molar-refractivity contribution in [1.29, 1.82) is 0 Å². The molecule has 1 saturated carbocycles. The molecule has 98 valence electrons. The van der Waals surface area contributed by atoms with Gasteiger partial charge in [-0.3, -0.25) is 9.78 Å². The zero-order valence-electron chi connectivity index (χ0n) is 10.9. The summed E-state index contributed by atoms with van der Waals surface area (Å²) in [7, 11) is 0. The normalized spacial score (nSPS) is 27.8. The lowest BCUT2D eigenvalue weighted by atomic mass is 9.77. The summed E-state index contributed by atoms with van der Waals surface area (Å²) < 4.78 is 0. The summed E-state index contributed by atoms with van der Waals surface area (Å²) in [6.45, 7) is 2.76. The molecule has 2 rings (SSSR count). The molecular weight excluding hydrogens is 226 g/mol. The highest BCUT2D eigenvalue weighted by molar-refractivity contribution is 5.94. The SMILES string of the molecule is CC1CCC(CN)(NC(=O)c2cccnc2)CC1. The van der Waals surface area contributed by atoms with E-state index < -0.39 is 0 Å². The first-order chi connectivity index (χ1) is 8.65. The first-order valence-electron chi connectivity index (χ1n) is 6.58. The molecule has 1 heterocycles. The number of nitrogens with one attached hydrogen (secondary N) is 1. The number of nitrogens with zero attached hydrogens (tertiary/aromatic N) is 1. The van der Waals surface area contributed by atoms with Gasteiger partial charge in [0, 0.05) is 18.9 Å². The van der Waals surface area contributed by atoms with E-state index >= 15 is 0 Å². The van der Waals surface area contributed by atoms with Crippen molar-refractivity contribution in [3.05, 3.63) is 30.1 Å². The second-order valence-electron chi connectivity index (χ2n) is 5.36. The van der Waals surface area contributed by atoms with Gasteiger partial charge in [0.15, 0.2) is 0 Å². The van der Waals surface area contributed by atoms with Crippen LogP contribution in [0.2, 0.25) is 0 Å². The maximum atomic E-state index is 12.2. The molecule has 1 aromatic heterocycles. The topological polar surface area (TPSA) is 68.0 Å². The molecule has 18 heavy (non-hydrogen) atoms. The van der Waals surface area contributed by atoms with Gasteiger partial charge in [-0.1, -0.05) is 6.92 Å². The molecule has 4 heteroatoms. The number of pyridine rings is 1. The van der Waals surface area contributed by atoms with Crippen molar-refractivity contribution in [3.63, 3.8) is 0 Å². The van der Waals surface area contributed by atoms with Crippen LogP contribution in [0.3, 0.4) is 0 Å². The maximum absolute atomic E-state index is 12.2. The number of rotatable bonds is 3. The summed E-state index contributed by atoms with van der Waals surface area (Å²) in [6.07, 6.45) is 7.45. The van der Waals surface area contributed by atoms with Crippen molar-refractivity contribution < 1.29 is 4.79 Å². The summed E-state index contributed by atoms with van der Waals surface area (Å²) in [5.74, 6) is 0.670. The highest BCUT2D eigenvalue weighted by Gasteiger charge is 2.34. The number of nitrogens with two attached hydrogens (primary N) is 1. The van der Waals surface area contributed by atoms with Gasteiger partial charge in [0.05, 0.1) is 11.1 Å². The van der Waals surface area contributed by atoms with Gasteiger partial charge in [-0.05, 0) is 43.7 Å². The van der Waals surface area contributed by atoms with Crippen LogP contribution in [0.5, 0.6) is 0 Å². The molecule has 1 fully saturated rings. The zero-order chi connectivity index (χ0) is 13.0. The smallest absolute Gasteiger partial charge is 0.253 e. The Morgan fingerprint density at radius 2 is 2.28 bits per heavy atom. The number of hydrogen-bond donors (Lipinski definition) is 2. The van der Waals surface area contributed by atoms with Crippen LogP contribution in [0.4, 0.5) is 0 Å². The van der Waals surface area contributed by atoms with Crippen LogP contribution in [0.15, 0.2) is 24.5 Å². The summed E-state index contributed by atoms with van der Waals surface area (Å²) in [5, 5.41) is 3.11. The molecule has 1 amide bonds. The second kappa shape index (κ2) is 5.48. The van der Waals surface area contributed by atoms with E-state index in [1.165, 1.54) is 0 Å². The van der Waals surface area contributed by atoms with E-state index in [9.17, 15) is 4.79 Å². The third kappa shape index (κ3) is 2.88. The molecule has 4 nitrogen and oxygen atoms in total. The predicted molar refractivity (Wildman–Crippen MR) is 71.1 cm³/mol. The van der Waals surface area contributed by atoms with Gasteiger partial charge >= 0.3 is 0 Å². The fourth-order valence-corrected chi connectivity index (χ4v) is 2.50. The molecule has 0 radical (unpaired) electrons. The molecule has 0 saturated heterocycles. The minimum Gasteiger partial charge on any atom is -0.345 e. The van der Waals surface area contributed by atoms with Crippen molar-refractivity contribution in [2.75, 3.05) is 6.54 Å². The maximum Gasteiger partial charge on any atom is 0.253 e. The summed E-state index contributed by atoms with van der Waals surface area (Å²) in [5.41, 5.74) is 6.26. The van der Waals surface area contributed by atoms with Crippen LogP contribution in [0.1, 0.15) is 43.0 Å². The largest absolute Gasteiger partial charge is 0.345 e. The van der Waals surface area contributed by atoms with Gasteiger partial charge in [-0.15, -0.1) is 0 Å². The van der Waals surface area contributed by atoms with Gasteiger partial charge in [0.1, 0.15) is 0 Å². The van der Waals surface area contributed by atoms with E-state index in [1.807, 2.05) is 0 Å². The lowest BCUT2D eigenvalue weighted by Crippen LogP contribution is -2.55. The Morgan fingerprint density at radius 1 is 1.56 bits per heavy atom. The first-order valence-corrected chi connectivity index (χ1v) is 6.58. The third-order valence-corrected chi connectivity index (χ3v) is 3.92. The molecule has 1 aromatic rings. The van der Waals surface area contributed by atoms with Crippen molar-refractivity contribution in [3.8, 4) is 0 Å². The highest BCUT2D eigenvalue weighted by atomic mass is 16.1. The standard InChI is InChI=1S/C14H21N3O/c1-11-4-6-14(10-15,7-5-11)17-13(18)12-3-2-8-16-9-12/h2-3,8-9,11H,4-7,10,15H2,1H3,(H,17,18). The Balaban J connectivity index is 2.05. The van der Waals surface area contributed by atoms with Crippen LogP contribution in [-0.4, -0.2) is 23.0 Å². The fraction of sp³-hybridized carbons (Fsp3) is 0.571. The van der Waals surface area contributed by atoms with Crippen LogP contribution < -0.4 is 11.1 Å². The number of carbonyl (C=O) groups excluding carboxylic acids is 1. The Kier molecular flexibility index (Phi) is 3.97. The lowest BCUT2D eigenvalue weighted by molar-refractivity contribution is 0.0859. The number of carbonyl (C=O) groups is 1. The van der Waals surface area contributed by atoms with E-state index in [0.29, 0.717) is 12.1 Å². The van der Waals surface area contributed by atoms with E-state index in [2.05, 4.69) is 17.2 Å². The molecule has 0 unspecified atom stereocenters. The molecule has 0 bridgehead atoms. The first kappa shape index (κ1) is 13.0. The summed E-state index contributed by atoms with van der Waals surface area (Å²) >= 11 is 0. The van der Waals surface area contributed by atoms with E-state index in [-0.39, 0.29) is 11.4 Å². The van der Waals surface area contributed by atoms with E-state index in [0.717, 1.165) is 31.6 Å². The Morgan fingerprint density at radius 3 is 2.83 bits per heavy atom. The van der Waals surface area contributed by atoms with Crippen LogP contribution in [0, 0.1) is 5.92 Å². The fourth-order valence-electron chi connectivity index (χ4n) is 2.50. The number of hydrogen-bond acceptors (Lipinski definition) is 3. The molecule has 3 N–H and O–H groups in total. The predicted octanol–water partition coefficient (Wildman–Crippen LogP) is 1.72. The average molecular weight is 247 g/mol. The molecule has 0 aromatic carbocycles. The molecule has 0 atom stereocenters. The summed E-state index contributed by atoms with van der Waals surface area (Å²) in [4.78, 5) is 16.1. The molecule has 1 aliphatic carbocycles. The Hall–Kier alpha value is -1.42. The number of amides is 1. The van der Waals surface area contributed by atoms with Crippen molar-refractivity contribution in [1.82, 2.24) is 10.3 Å². The van der Waals surface area contributed by atoms with Crippen LogP contribution in [0.25, 0.3) is 0 Å². The minimum absolute atomic E-state index is 0.0666. The third-order valence-electron chi connectivity index (χ3n) is 3.92. The van der Waals surface area contributed by atoms with Gasteiger partial charge in [-0.25, -0.2) is 0 Å². The van der Waals surface area contributed by atoms with Crippen LogP contribution in [-0.2, 0) is 0 Å². The Bertz CT molecular complexity index is 397. The van der Waals surface area contributed by atoms with Gasteiger partial charge in [0.2, 0.25) is 0 Å². The highest BCUT2D eigenvalue weighted by Crippen LogP contribution is 2.31. The average Bonchev–Trinajstić information content (AvgIpc) is 2.43. The van der Waals surface area contributed by atoms with Crippen molar-refractivity contribution in [2.45, 2.75) is 38.1 Å². The monoisotopic (exact) mass is 247 g/mol. The van der Waals surface area contributed by atoms with E-state index in [1.54, 1.807) is 24.5 Å². The molecular formula is C14H21N3O. The van der Waals surface area contributed by atoms with Gasteiger partial charge in [-0.2, -0.15) is 0 Å². The van der Waals surface area contributed by atoms with Crippen LogP contribution >= 0.6 is 0 Å².